The number of thioether (sulfide) groups is 1. The summed E-state index contributed by atoms with van der Waals surface area (Å²) in [4.78, 5) is 40.4. The maximum Gasteiger partial charge on any atom is 0.337 e. The van der Waals surface area contributed by atoms with Crippen LogP contribution in [0.4, 0.5) is 9.52 Å². The van der Waals surface area contributed by atoms with Gasteiger partial charge in [-0.1, -0.05) is 47.4 Å². The van der Waals surface area contributed by atoms with E-state index < -0.39 is 23.7 Å². The number of aliphatic hydroxyl groups is 1. The zero-order valence-corrected chi connectivity index (χ0v) is 24.6. The fraction of sp³-hybridized carbons (Fsp3) is 0.194. The number of carbonyl (C=O) groups is 3. The summed E-state index contributed by atoms with van der Waals surface area (Å²) in [7, 11) is 1.27. The molecular weight excluding hydrogens is 593 g/mol. The number of fused-ring (bicyclic) bond motifs is 1. The lowest BCUT2D eigenvalue weighted by atomic mass is 9.94. The van der Waals surface area contributed by atoms with Crippen LogP contribution in [0.5, 0.6) is 5.75 Å². The van der Waals surface area contributed by atoms with Crippen LogP contribution >= 0.6 is 23.1 Å². The SMILES string of the molecule is COC(=O)c1ccc(C2/C(=C(\O)c3ccc4c(c3)CC(C)O4)C(=O)C(=O)N2c2nnc(SCc3ccc(F)cc3)s2)cc1. The van der Waals surface area contributed by atoms with E-state index in [1.807, 2.05) is 6.92 Å². The Labute approximate surface area is 254 Å². The summed E-state index contributed by atoms with van der Waals surface area (Å²) < 4.78 is 24.4. The van der Waals surface area contributed by atoms with E-state index in [1.165, 1.54) is 48.0 Å². The van der Waals surface area contributed by atoms with Crippen LogP contribution in [0.1, 0.15) is 45.6 Å². The number of Topliss-reactive ketones (excluding diaryl/α,β-unsaturated/α-hetero) is 1. The summed E-state index contributed by atoms with van der Waals surface area (Å²) in [5.41, 5.74) is 2.78. The Morgan fingerprint density at radius 3 is 2.53 bits per heavy atom. The third kappa shape index (κ3) is 5.51. The van der Waals surface area contributed by atoms with Gasteiger partial charge in [-0.25, -0.2) is 9.18 Å². The van der Waals surface area contributed by atoms with Crippen molar-refractivity contribution in [1.82, 2.24) is 10.2 Å². The van der Waals surface area contributed by atoms with Crippen molar-refractivity contribution in [2.45, 2.75) is 35.6 Å². The van der Waals surface area contributed by atoms with Gasteiger partial charge in [-0.05, 0) is 66.1 Å². The first-order valence-corrected chi connectivity index (χ1v) is 15.0. The number of anilines is 1. The molecule has 2 aliphatic heterocycles. The number of nitrogens with zero attached hydrogens (tertiary/aromatic N) is 3. The van der Waals surface area contributed by atoms with Crippen molar-refractivity contribution in [1.29, 1.82) is 0 Å². The van der Waals surface area contributed by atoms with E-state index in [1.54, 1.807) is 42.5 Å². The van der Waals surface area contributed by atoms with E-state index in [0.29, 0.717) is 33.4 Å². The number of hydrogen-bond donors (Lipinski definition) is 1. The number of hydrogen-bond acceptors (Lipinski definition) is 10. The Morgan fingerprint density at radius 1 is 1.09 bits per heavy atom. The number of benzene rings is 3. The van der Waals surface area contributed by atoms with Crippen LogP contribution in [0.3, 0.4) is 0 Å². The zero-order valence-electron chi connectivity index (χ0n) is 22.9. The lowest BCUT2D eigenvalue weighted by Gasteiger charge is -2.22. The summed E-state index contributed by atoms with van der Waals surface area (Å²) in [6.45, 7) is 1.94. The van der Waals surface area contributed by atoms with Gasteiger partial charge in [-0.2, -0.15) is 0 Å². The van der Waals surface area contributed by atoms with Gasteiger partial charge in [0.15, 0.2) is 4.34 Å². The minimum Gasteiger partial charge on any atom is -0.507 e. The molecule has 3 heterocycles. The van der Waals surface area contributed by atoms with Gasteiger partial charge in [-0.3, -0.25) is 14.5 Å². The highest BCUT2D eigenvalue weighted by molar-refractivity contribution is 8.00. The van der Waals surface area contributed by atoms with Gasteiger partial charge in [0, 0.05) is 17.7 Å². The number of methoxy groups -OCH3 is 1. The molecule has 43 heavy (non-hydrogen) atoms. The minimum atomic E-state index is -1.04. The monoisotopic (exact) mass is 617 g/mol. The summed E-state index contributed by atoms with van der Waals surface area (Å²) >= 11 is 2.48. The number of ether oxygens (including phenoxy) is 2. The molecular formula is C31H24FN3O6S2. The predicted octanol–water partition coefficient (Wildman–Crippen LogP) is 5.71. The third-order valence-electron chi connectivity index (χ3n) is 7.14. The number of ketones is 1. The number of aliphatic hydroxyl groups excluding tert-OH is 1. The maximum atomic E-state index is 13.6. The first-order chi connectivity index (χ1) is 20.7. The molecule has 9 nitrogen and oxygen atoms in total. The largest absolute Gasteiger partial charge is 0.507 e. The van der Waals surface area contributed by atoms with Crippen LogP contribution in [0.25, 0.3) is 5.76 Å². The molecule has 6 rings (SSSR count). The quantitative estimate of drug-likeness (QED) is 0.0695. The van der Waals surface area contributed by atoms with Crippen molar-refractivity contribution in [2.75, 3.05) is 12.0 Å². The van der Waals surface area contributed by atoms with Crippen LogP contribution < -0.4 is 9.64 Å². The Kier molecular flexibility index (Phi) is 7.72. The summed E-state index contributed by atoms with van der Waals surface area (Å²) in [5, 5.41) is 20.1. The molecule has 0 aliphatic carbocycles. The second-order valence-corrected chi connectivity index (χ2v) is 12.2. The molecule has 12 heteroatoms. The highest BCUT2D eigenvalue weighted by Crippen LogP contribution is 2.44. The van der Waals surface area contributed by atoms with Crippen LogP contribution in [-0.4, -0.2) is 46.2 Å². The average molecular weight is 618 g/mol. The Bertz CT molecular complexity index is 1770. The van der Waals surface area contributed by atoms with Gasteiger partial charge in [0.2, 0.25) is 5.13 Å². The van der Waals surface area contributed by atoms with Crippen LogP contribution in [0, 0.1) is 5.82 Å². The average Bonchev–Trinajstić information content (AvgIpc) is 3.71. The topological polar surface area (TPSA) is 119 Å². The number of rotatable bonds is 7. The van der Waals surface area contributed by atoms with E-state index in [9.17, 15) is 23.9 Å². The van der Waals surface area contributed by atoms with Crippen molar-refractivity contribution in [2.24, 2.45) is 0 Å². The van der Waals surface area contributed by atoms with Crippen molar-refractivity contribution in [3.05, 3.63) is 106 Å². The first kappa shape index (κ1) is 28.6. The molecule has 218 valence electrons. The highest BCUT2D eigenvalue weighted by atomic mass is 32.2. The first-order valence-electron chi connectivity index (χ1n) is 13.2. The maximum absolute atomic E-state index is 13.6. The second-order valence-electron chi connectivity index (χ2n) is 10.0. The number of esters is 1. The molecule has 0 saturated carbocycles. The van der Waals surface area contributed by atoms with Crippen molar-refractivity contribution >= 4 is 51.6 Å². The van der Waals surface area contributed by atoms with Crippen molar-refractivity contribution in [3.8, 4) is 5.75 Å². The third-order valence-corrected chi connectivity index (χ3v) is 9.27. The standard InChI is InChI=1S/C31H24FN3O6S2/c1-16-13-21-14-20(9-12-23(21)41-16)26(36)24-25(18-5-7-19(8-6-18)29(39)40-2)35(28(38)27(24)37)30-33-34-31(43-30)42-15-17-3-10-22(32)11-4-17/h3-12,14,16,25,36H,13,15H2,1-2H3/b26-24+. The highest BCUT2D eigenvalue weighted by Gasteiger charge is 2.48. The summed E-state index contributed by atoms with van der Waals surface area (Å²) in [6.07, 6.45) is 0.630. The molecule has 0 spiro atoms. The molecule has 2 unspecified atom stereocenters. The molecule has 1 fully saturated rings. The van der Waals surface area contributed by atoms with E-state index in [0.717, 1.165) is 22.5 Å². The van der Waals surface area contributed by atoms with Gasteiger partial charge in [0.1, 0.15) is 23.4 Å². The van der Waals surface area contributed by atoms with Gasteiger partial charge in [0.05, 0.1) is 24.3 Å². The Hall–Kier alpha value is -4.55. The van der Waals surface area contributed by atoms with Gasteiger partial charge < -0.3 is 14.6 Å². The zero-order chi connectivity index (χ0) is 30.2. The molecule has 0 radical (unpaired) electrons. The smallest absolute Gasteiger partial charge is 0.337 e. The van der Waals surface area contributed by atoms with E-state index >= 15 is 0 Å². The van der Waals surface area contributed by atoms with Crippen molar-refractivity contribution in [3.63, 3.8) is 0 Å². The van der Waals surface area contributed by atoms with Crippen molar-refractivity contribution < 1.29 is 33.4 Å². The van der Waals surface area contributed by atoms with E-state index in [2.05, 4.69) is 10.2 Å². The molecule has 0 bridgehead atoms. The lowest BCUT2D eigenvalue weighted by molar-refractivity contribution is -0.132. The molecule has 1 saturated heterocycles. The lowest BCUT2D eigenvalue weighted by Crippen LogP contribution is -2.29. The van der Waals surface area contributed by atoms with Gasteiger partial charge >= 0.3 is 11.9 Å². The minimum absolute atomic E-state index is 0.0150. The fourth-order valence-electron chi connectivity index (χ4n) is 5.07. The Balaban J connectivity index is 1.39. The van der Waals surface area contributed by atoms with Gasteiger partial charge in [0.25, 0.3) is 5.78 Å². The Morgan fingerprint density at radius 2 is 1.81 bits per heavy atom. The second kappa shape index (κ2) is 11.6. The van der Waals surface area contributed by atoms with E-state index in [-0.39, 0.29) is 33.9 Å². The molecule has 1 aromatic heterocycles. The number of amides is 1. The summed E-state index contributed by atoms with van der Waals surface area (Å²) in [5.74, 6) is -1.74. The molecule has 1 N–H and O–H groups in total. The molecule has 1 amide bonds. The number of carbonyl (C=O) groups excluding carboxylic acids is 3. The normalized spacial score (nSPS) is 18.9. The van der Waals surface area contributed by atoms with Crippen LogP contribution in [-0.2, 0) is 26.5 Å². The number of aromatic nitrogens is 2. The van der Waals surface area contributed by atoms with Crippen LogP contribution in [0.15, 0.2) is 76.6 Å². The number of halogens is 1. The molecule has 4 aromatic rings. The van der Waals surface area contributed by atoms with E-state index in [4.69, 9.17) is 9.47 Å². The predicted molar refractivity (Wildman–Crippen MR) is 159 cm³/mol. The summed E-state index contributed by atoms with van der Waals surface area (Å²) in [6, 6.07) is 16.5. The van der Waals surface area contributed by atoms with Gasteiger partial charge in [-0.15, -0.1) is 10.2 Å². The van der Waals surface area contributed by atoms with Crippen LogP contribution in [0.2, 0.25) is 0 Å². The molecule has 3 aromatic carbocycles. The molecule has 2 aliphatic rings. The molecule has 2 atom stereocenters. The fourth-order valence-corrected chi connectivity index (χ4v) is 6.90.